The standard InChI is InChI=1S/C14H22N4O3S/c1-21-9-13-14-12(17(16-15-14)8-10-2-3-10)6-7-18(13)22(19,20)11-4-5-11/h10-11,13H,2-9H2,1H3/t13-/m1/s1. The second-order valence-corrected chi connectivity index (χ2v) is 8.79. The molecule has 0 saturated heterocycles. The molecule has 7 nitrogen and oxygen atoms in total. The number of hydrogen-bond acceptors (Lipinski definition) is 5. The number of sulfonamides is 1. The predicted molar refractivity (Wildman–Crippen MR) is 79.7 cm³/mol. The van der Waals surface area contributed by atoms with Crippen LogP contribution >= 0.6 is 0 Å². The fourth-order valence-electron chi connectivity index (χ4n) is 3.24. The van der Waals surface area contributed by atoms with Gasteiger partial charge in [-0.25, -0.2) is 13.1 Å². The smallest absolute Gasteiger partial charge is 0.217 e. The monoisotopic (exact) mass is 326 g/mol. The molecule has 2 saturated carbocycles. The summed E-state index contributed by atoms with van der Waals surface area (Å²) >= 11 is 0. The molecule has 4 rings (SSSR count). The fraction of sp³-hybridized carbons (Fsp3) is 0.857. The topological polar surface area (TPSA) is 77.3 Å². The van der Waals surface area contributed by atoms with Crippen molar-refractivity contribution in [1.82, 2.24) is 19.3 Å². The highest BCUT2D eigenvalue weighted by atomic mass is 32.2. The number of methoxy groups -OCH3 is 1. The average molecular weight is 326 g/mol. The van der Waals surface area contributed by atoms with Gasteiger partial charge in [-0.3, -0.25) is 0 Å². The lowest BCUT2D eigenvalue weighted by atomic mass is 10.1. The molecule has 0 unspecified atom stereocenters. The lowest BCUT2D eigenvalue weighted by molar-refractivity contribution is 0.125. The molecular formula is C14H22N4O3S. The molecule has 0 bridgehead atoms. The largest absolute Gasteiger partial charge is 0.383 e. The number of ether oxygens (including phenoxy) is 1. The predicted octanol–water partition coefficient (Wildman–Crippen LogP) is 0.726. The van der Waals surface area contributed by atoms with E-state index >= 15 is 0 Å². The number of rotatable bonds is 6. The van der Waals surface area contributed by atoms with Crippen molar-refractivity contribution in [3.8, 4) is 0 Å². The first kappa shape index (κ1) is 14.6. The van der Waals surface area contributed by atoms with E-state index in [0.29, 0.717) is 19.6 Å². The Bertz CT molecular complexity index is 664. The summed E-state index contributed by atoms with van der Waals surface area (Å²) in [6.07, 6.45) is 4.78. The quantitative estimate of drug-likeness (QED) is 0.770. The van der Waals surface area contributed by atoms with Crippen LogP contribution in [0.5, 0.6) is 0 Å². The van der Waals surface area contributed by atoms with Crippen molar-refractivity contribution in [1.29, 1.82) is 0 Å². The number of nitrogens with zero attached hydrogens (tertiary/aromatic N) is 4. The van der Waals surface area contributed by atoms with Crippen LogP contribution in [0.3, 0.4) is 0 Å². The van der Waals surface area contributed by atoms with Crippen LogP contribution in [0.1, 0.15) is 43.1 Å². The van der Waals surface area contributed by atoms with E-state index in [-0.39, 0.29) is 11.3 Å². The Hall–Kier alpha value is -0.990. The maximum atomic E-state index is 12.7. The maximum Gasteiger partial charge on any atom is 0.217 e. The normalized spacial score (nSPS) is 26.1. The van der Waals surface area contributed by atoms with Crippen molar-refractivity contribution in [3.05, 3.63) is 11.4 Å². The zero-order valence-electron chi connectivity index (χ0n) is 12.8. The zero-order chi connectivity index (χ0) is 15.3. The van der Waals surface area contributed by atoms with Gasteiger partial charge in [-0.2, -0.15) is 4.31 Å². The van der Waals surface area contributed by atoms with Crippen molar-refractivity contribution in [2.24, 2.45) is 5.92 Å². The summed E-state index contributed by atoms with van der Waals surface area (Å²) in [4.78, 5) is 0. The average Bonchev–Trinajstić information content (AvgIpc) is 3.38. The molecule has 0 aromatic carbocycles. The van der Waals surface area contributed by atoms with E-state index in [2.05, 4.69) is 10.3 Å². The fourth-order valence-corrected chi connectivity index (χ4v) is 5.22. The summed E-state index contributed by atoms with van der Waals surface area (Å²) in [7, 11) is -1.63. The van der Waals surface area contributed by atoms with Crippen molar-refractivity contribution in [2.45, 2.75) is 49.9 Å². The third kappa shape index (κ3) is 2.47. The van der Waals surface area contributed by atoms with Gasteiger partial charge in [0, 0.05) is 26.6 Å². The van der Waals surface area contributed by atoms with Crippen LogP contribution in [-0.4, -0.2) is 53.2 Å². The molecule has 122 valence electrons. The van der Waals surface area contributed by atoms with E-state index in [9.17, 15) is 8.42 Å². The molecule has 2 heterocycles. The molecule has 8 heteroatoms. The minimum Gasteiger partial charge on any atom is -0.383 e. The van der Waals surface area contributed by atoms with Crippen LogP contribution in [0, 0.1) is 5.92 Å². The van der Waals surface area contributed by atoms with Gasteiger partial charge in [0.15, 0.2) is 0 Å². The van der Waals surface area contributed by atoms with Crippen LogP contribution in [0.15, 0.2) is 0 Å². The lowest BCUT2D eigenvalue weighted by Gasteiger charge is -2.33. The van der Waals surface area contributed by atoms with Gasteiger partial charge in [0.05, 0.1) is 23.6 Å². The SMILES string of the molecule is COC[C@@H]1c2nnn(CC3CC3)c2CCN1S(=O)(=O)C1CC1. The molecular weight excluding hydrogens is 304 g/mol. The van der Waals surface area contributed by atoms with Gasteiger partial charge in [0.1, 0.15) is 5.69 Å². The first-order valence-corrected chi connectivity index (χ1v) is 9.53. The molecule has 2 aliphatic carbocycles. The summed E-state index contributed by atoms with van der Waals surface area (Å²) in [5, 5.41) is 8.39. The molecule has 1 aromatic rings. The zero-order valence-corrected chi connectivity index (χ0v) is 13.6. The minimum absolute atomic E-state index is 0.199. The van der Waals surface area contributed by atoms with Crippen molar-refractivity contribution >= 4 is 10.0 Å². The van der Waals surface area contributed by atoms with Crippen LogP contribution in [0.4, 0.5) is 0 Å². The minimum atomic E-state index is -3.23. The van der Waals surface area contributed by atoms with Crippen LogP contribution in [0.2, 0.25) is 0 Å². The van der Waals surface area contributed by atoms with Crippen LogP contribution in [-0.2, 0) is 27.7 Å². The molecule has 1 atom stereocenters. The van der Waals surface area contributed by atoms with Gasteiger partial charge in [0.25, 0.3) is 0 Å². The molecule has 0 spiro atoms. The van der Waals surface area contributed by atoms with E-state index in [4.69, 9.17) is 4.74 Å². The van der Waals surface area contributed by atoms with E-state index < -0.39 is 10.0 Å². The molecule has 1 aliphatic heterocycles. The van der Waals surface area contributed by atoms with E-state index in [1.54, 1.807) is 11.4 Å². The molecule has 0 amide bonds. The molecule has 22 heavy (non-hydrogen) atoms. The van der Waals surface area contributed by atoms with Crippen molar-refractivity contribution in [3.63, 3.8) is 0 Å². The van der Waals surface area contributed by atoms with Crippen LogP contribution in [0.25, 0.3) is 0 Å². The van der Waals surface area contributed by atoms with Crippen molar-refractivity contribution in [2.75, 3.05) is 20.3 Å². The third-order valence-corrected chi connectivity index (χ3v) is 7.23. The highest BCUT2D eigenvalue weighted by Gasteiger charge is 2.46. The summed E-state index contributed by atoms with van der Waals surface area (Å²) in [5.74, 6) is 0.722. The Labute approximate surface area is 130 Å². The lowest BCUT2D eigenvalue weighted by Crippen LogP contribution is -2.43. The van der Waals surface area contributed by atoms with E-state index in [0.717, 1.165) is 36.7 Å². The summed E-state index contributed by atoms with van der Waals surface area (Å²) in [6.45, 7) is 1.76. The van der Waals surface area contributed by atoms with E-state index in [1.165, 1.54) is 12.8 Å². The number of hydrogen-bond donors (Lipinski definition) is 0. The van der Waals surface area contributed by atoms with Gasteiger partial charge >= 0.3 is 0 Å². The van der Waals surface area contributed by atoms with Gasteiger partial charge in [-0.1, -0.05) is 5.21 Å². The molecule has 3 aliphatic rings. The molecule has 0 N–H and O–H groups in total. The van der Waals surface area contributed by atoms with Gasteiger partial charge in [0.2, 0.25) is 10.0 Å². The summed E-state index contributed by atoms with van der Waals surface area (Å²) in [5.41, 5.74) is 1.88. The van der Waals surface area contributed by atoms with E-state index in [1.807, 2.05) is 4.68 Å². The first-order valence-electron chi connectivity index (χ1n) is 8.03. The number of aromatic nitrogens is 3. The number of fused-ring (bicyclic) bond motifs is 1. The Kier molecular flexibility index (Phi) is 3.50. The Balaban J connectivity index is 1.65. The Morgan fingerprint density at radius 3 is 2.68 bits per heavy atom. The van der Waals surface area contributed by atoms with Gasteiger partial charge in [-0.15, -0.1) is 5.10 Å². The summed E-state index contributed by atoms with van der Waals surface area (Å²) in [6, 6.07) is -0.327. The highest BCUT2D eigenvalue weighted by molar-refractivity contribution is 7.90. The van der Waals surface area contributed by atoms with Crippen molar-refractivity contribution < 1.29 is 13.2 Å². The molecule has 1 aromatic heterocycles. The highest BCUT2D eigenvalue weighted by Crippen LogP contribution is 2.39. The van der Waals surface area contributed by atoms with Gasteiger partial charge in [-0.05, 0) is 31.6 Å². The second kappa shape index (κ2) is 5.28. The Morgan fingerprint density at radius 2 is 2.05 bits per heavy atom. The third-order valence-electron chi connectivity index (χ3n) is 4.82. The second-order valence-electron chi connectivity index (χ2n) is 6.62. The first-order chi connectivity index (χ1) is 10.6. The summed E-state index contributed by atoms with van der Waals surface area (Å²) < 4.78 is 34.2. The molecule has 2 fully saturated rings. The van der Waals surface area contributed by atoms with Gasteiger partial charge < -0.3 is 4.74 Å². The van der Waals surface area contributed by atoms with Crippen LogP contribution < -0.4 is 0 Å². The molecule has 0 radical (unpaired) electrons. The Morgan fingerprint density at radius 1 is 1.27 bits per heavy atom. The maximum absolute atomic E-state index is 12.7.